The van der Waals surface area contributed by atoms with Gasteiger partial charge < -0.3 is 14.8 Å². The molecule has 170 valence electrons. The van der Waals surface area contributed by atoms with Crippen molar-refractivity contribution in [2.75, 3.05) is 20.2 Å². The number of rotatable bonds is 7. The van der Waals surface area contributed by atoms with Crippen LogP contribution in [0.4, 0.5) is 4.39 Å². The highest BCUT2D eigenvalue weighted by molar-refractivity contribution is 7.89. The summed E-state index contributed by atoms with van der Waals surface area (Å²) in [6.07, 6.45) is 0. The van der Waals surface area contributed by atoms with Crippen LogP contribution in [0, 0.1) is 5.82 Å². The Bertz CT molecular complexity index is 1430. The number of aliphatic hydroxyl groups excluding tert-OH is 1. The molecule has 1 heterocycles. The van der Waals surface area contributed by atoms with Gasteiger partial charge in [-0.05, 0) is 59.7 Å². The van der Waals surface area contributed by atoms with Crippen molar-refractivity contribution in [3.8, 4) is 22.5 Å². The number of carbonyl (C=O) groups excluding carboxylic acids is 1. The first-order valence-electron chi connectivity index (χ1n) is 10.1. The molecule has 1 amide bonds. The summed E-state index contributed by atoms with van der Waals surface area (Å²) >= 11 is 0. The summed E-state index contributed by atoms with van der Waals surface area (Å²) in [5.41, 5.74) is 2.62. The number of amides is 1. The third-order valence-electron chi connectivity index (χ3n) is 5.13. The molecule has 0 bridgehead atoms. The fraction of sp³-hybridized carbons (Fsp3) is 0.125. The van der Waals surface area contributed by atoms with Gasteiger partial charge in [0, 0.05) is 24.5 Å². The van der Waals surface area contributed by atoms with Gasteiger partial charge in [-0.1, -0.05) is 18.2 Å². The SMILES string of the molecule is CNC(=O)c1c(-c2ccc(F)cc2)oc2ccc(-c3cccc(S(=O)(=O)NCCO)c3)cc12. The number of halogens is 1. The lowest BCUT2D eigenvalue weighted by Crippen LogP contribution is -2.26. The highest BCUT2D eigenvalue weighted by Gasteiger charge is 2.22. The van der Waals surface area contributed by atoms with E-state index in [1.807, 2.05) is 0 Å². The van der Waals surface area contributed by atoms with Crippen LogP contribution in [0.2, 0.25) is 0 Å². The lowest BCUT2D eigenvalue weighted by Gasteiger charge is -2.08. The number of fused-ring (bicyclic) bond motifs is 1. The highest BCUT2D eigenvalue weighted by atomic mass is 32.2. The summed E-state index contributed by atoms with van der Waals surface area (Å²) in [7, 11) is -2.27. The number of nitrogens with one attached hydrogen (secondary N) is 2. The van der Waals surface area contributed by atoms with Crippen LogP contribution in [-0.2, 0) is 10.0 Å². The van der Waals surface area contributed by atoms with Crippen molar-refractivity contribution in [1.82, 2.24) is 10.0 Å². The minimum absolute atomic E-state index is 0.0549. The van der Waals surface area contributed by atoms with Gasteiger partial charge >= 0.3 is 0 Å². The number of furan rings is 1. The largest absolute Gasteiger partial charge is 0.455 e. The Morgan fingerprint density at radius 1 is 1.00 bits per heavy atom. The van der Waals surface area contributed by atoms with Gasteiger partial charge in [0.25, 0.3) is 5.91 Å². The molecule has 0 aliphatic heterocycles. The molecule has 33 heavy (non-hydrogen) atoms. The van der Waals surface area contributed by atoms with Gasteiger partial charge in [-0.25, -0.2) is 17.5 Å². The standard InChI is InChI=1S/C24H21FN2O5S/c1-26-24(29)22-20-14-17(16-3-2-4-19(13-16)33(30,31)27-11-12-28)7-10-21(20)32-23(22)15-5-8-18(25)9-6-15/h2-10,13-14,27-28H,11-12H2,1H3,(H,26,29). The van der Waals surface area contributed by atoms with Crippen molar-refractivity contribution in [3.05, 3.63) is 78.1 Å². The molecular weight excluding hydrogens is 447 g/mol. The second-order valence-corrected chi connectivity index (χ2v) is 9.02. The van der Waals surface area contributed by atoms with Gasteiger partial charge in [0.2, 0.25) is 10.0 Å². The summed E-state index contributed by atoms with van der Waals surface area (Å²) in [4.78, 5) is 12.8. The molecule has 4 rings (SSSR count). The third-order valence-corrected chi connectivity index (χ3v) is 6.59. The van der Waals surface area contributed by atoms with E-state index in [9.17, 15) is 17.6 Å². The molecule has 9 heteroatoms. The van der Waals surface area contributed by atoms with Crippen LogP contribution in [0.5, 0.6) is 0 Å². The van der Waals surface area contributed by atoms with Crippen molar-refractivity contribution in [2.45, 2.75) is 4.90 Å². The van der Waals surface area contributed by atoms with Crippen molar-refractivity contribution in [3.63, 3.8) is 0 Å². The van der Waals surface area contributed by atoms with Crippen molar-refractivity contribution in [2.24, 2.45) is 0 Å². The lowest BCUT2D eigenvalue weighted by molar-refractivity contribution is 0.0964. The summed E-state index contributed by atoms with van der Waals surface area (Å²) in [5, 5.41) is 12.1. The summed E-state index contributed by atoms with van der Waals surface area (Å²) in [5.74, 6) is -0.456. The maximum Gasteiger partial charge on any atom is 0.255 e. The van der Waals surface area contributed by atoms with Crippen LogP contribution in [0.1, 0.15) is 10.4 Å². The first-order chi connectivity index (χ1) is 15.8. The van der Waals surface area contributed by atoms with E-state index < -0.39 is 15.8 Å². The Kier molecular flexibility index (Phi) is 6.28. The average molecular weight is 469 g/mol. The molecule has 0 aliphatic rings. The predicted molar refractivity (Wildman–Crippen MR) is 123 cm³/mol. The molecule has 4 aromatic rings. The van der Waals surface area contributed by atoms with Gasteiger partial charge in [0.05, 0.1) is 17.1 Å². The fourth-order valence-corrected chi connectivity index (χ4v) is 4.60. The molecule has 3 aromatic carbocycles. The van der Waals surface area contributed by atoms with Crippen LogP contribution in [0.3, 0.4) is 0 Å². The van der Waals surface area contributed by atoms with Crippen molar-refractivity contribution >= 4 is 26.9 Å². The zero-order valence-corrected chi connectivity index (χ0v) is 18.4. The van der Waals surface area contributed by atoms with Gasteiger partial charge in [0.15, 0.2) is 0 Å². The Hall–Kier alpha value is -3.53. The van der Waals surface area contributed by atoms with E-state index in [-0.39, 0.29) is 24.0 Å². The summed E-state index contributed by atoms with van der Waals surface area (Å²) < 4.78 is 46.5. The maximum atomic E-state index is 13.4. The highest BCUT2D eigenvalue weighted by Crippen LogP contribution is 2.36. The maximum absolute atomic E-state index is 13.4. The van der Waals surface area contributed by atoms with Gasteiger partial charge in [0.1, 0.15) is 17.2 Å². The van der Waals surface area contributed by atoms with Crippen LogP contribution in [0.15, 0.2) is 76.0 Å². The number of carbonyl (C=O) groups is 1. The van der Waals surface area contributed by atoms with E-state index in [1.165, 1.54) is 43.4 Å². The Labute approximate surface area is 189 Å². The molecule has 3 N–H and O–H groups in total. The molecule has 0 aliphatic carbocycles. The topological polar surface area (TPSA) is 109 Å². The Morgan fingerprint density at radius 2 is 1.70 bits per heavy atom. The minimum atomic E-state index is -3.78. The van der Waals surface area contributed by atoms with E-state index in [0.717, 1.165) is 0 Å². The Balaban J connectivity index is 1.84. The van der Waals surface area contributed by atoms with Crippen molar-refractivity contribution in [1.29, 1.82) is 0 Å². The molecule has 0 atom stereocenters. The minimum Gasteiger partial charge on any atom is -0.455 e. The van der Waals surface area contributed by atoms with Crippen molar-refractivity contribution < 1.29 is 27.1 Å². The van der Waals surface area contributed by atoms with E-state index in [4.69, 9.17) is 9.52 Å². The molecule has 1 aromatic heterocycles. The van der Waals surface area contributed by atoms with E-state index >= 15 is 0 Å². The quantitative estimate of drug-likeness (QED) is 0.385. The first kappa shape index (κ1) is 22.7. The Morgan fingerprint density at radius 3 is 2.39 bits per heavy atom. The second kappa shape index (κ2) is 9.14. The number of benzene rings is 3. The van der Waals surface area contributed by atoms with Crippen LogP contribution in [0.25, 0.3) is 33.4 Å². The van der Waals surface area contributed by atoms with Crippen LogP contribution < -0.4 is 10.0 Å². The number of aliphatic hydroxyl groups is 1. The number of sulfonamides is 1. The monoisotopic (exact) mass is 468 g/mol. The molecule has 0 saturated heterocycles. The number of hydrogen-bond donors (Lipinski definition) is 3. The van der Waals surface area contributed by atoms with Gasteiger partial charge in [-0.3, -0.25) is 4.79 Å². The van der Waals surface area contributed by atoms with Crippen LogP contribution in [-0.4, -0.2) is 39.6 Å². The van der Waals surface area contributed by atoms with Crippen LogP contribution >= 0.6 is 0 Å². The molecule has 0 spiro atoms. The van der Waals surface area contributed by atoms with Gasteiger partial charge in [-0.2, -0.15) is 0 Å². The number of hydrogen-bond acceptors (Lipinski definition) is 5. The van der Waals surface area contributed by atoms with E-state index in [0.29, 0.717) is 39.0 Å². The van der Waals surface area contributed by atoms with Gasteiger partial charge in [-0.15, -0.1) is 0 Å². The molecule has 7 nitrogen and oxygen atoms in total. The first-order valence-corrected chi connectivity index (χ1v) is 11.6. The average Bonchev–Trinajstić information content (AvgIpc) is 3.21. The smallest absolute Gasteiger partial charge is 0.255 e. The molecule has 0 fully saturated rings. The molecule has 0 unspecified atom stereocenters. The normalized spacial score (nSPS) is 11.6. The second-order valence-electron chi connectivity index (χ2n) is 7.25. The lowest BCUT2D eigenvalue weighted by atomic mass is 10.00. The predicted octanol–water partition coefficient (Wildman–Crippen LogP) is 3.54. The molecular formula is C24H21FN2O5S. The van der Waals surface area contributed by atoms with E-state index in [2.05, 4.69) is 10.0 Å². The summed E-state index contributed by atoms with van der Waals surface area (Å²) in [6, 6.07) is 17.2. The zero-order valence-electron chi connectivity index (χ0n) is 17.6. The zero-order chi connectivity index (χ0) is 23.6. The third kappa shape index (κ3) is 4.51. The van der Waals surface area contributed by atoms with E-state index in [1.54, 1.807) is 30.3 Å². The fourth-order valence-electron chi connectivity index (χ4n) is 3.54. The summed E-state index contributed by atoms with van der Waals surface area (Å²) in [6.45, 7) is -0.399. The molecule has 0 radical (unpaired) electrons. The molecule has 0 saturated carbocycles.